The van der Waals surface area contributed by atoms with Crippen molar-refractivity contribution in [2.24, 2.45) is 0 Å². The van der Waals surface area contributed by atoms with Crippen molar-refractivity contribution < 1.29 is 0 Å². The molecule has 0 fully saturated rings. The number of fused-ring (bicyclic) bond motifs is 1. The topological polar surface area (TPSA) is 86.5 Å². The van der Waals surface area contributed by atoms with Crippen molar-refractivity contribution in [3.63, 3.8) is 0 Å². The third kappa shape index (κ3) is 2.77. The summed E-state index contributed by atoms with van der Waals surface area (Å²) in [6.45, 7) is 0.563. The Balaban J connectivity index is 1.50. The fourth-order valence-electron chi connectivity index (χ4n) is 2.56. The maximum absolute atomic E-state index is 11.9. The SMILES string of the molecule is O=c1[nH]c(NCc2ccc(-c3ccccc3)cc2)nc2nc[nH]c12. The lowest BCUT2D eigenvalue weighted by Gasteiger charge is -2.07. The molecule has 0 spiro atoms. The van der Waals surface area contributed by atoms with Crippen LogP contribution in [0.5, 0.6) is 0 Å². The van der Waals surface area contributed by atoms with Crippen molar-refractivity contribution in [2.45, 2.75) is 6.54 Å². The van der Waals surface area contributed by atoms with Crippen molar-refractivity contribution in [1.82, 2.24) is 19.9 Å². The number of aromatic amines is 2. The summed E-state index contributed by atoms with van der Waals surface area (Å²) in [4.78, 5) is 25.6. The van der Waals surface area contributed by atoms with Gasteiger partial charge in [-0.3, -0.25) is 9.78 Å². The molecule has 0 unspecified atom stereocenters. The predicted octanol–water partition coefficient (Wildman–Crippen LogP) is 2.93. The van der Waals surface area contributed by atoms with Gasteiger partial charge in [0, 0.05) is 6.54 Å². The first-order valence-electron chi connectivity index (χ1n) is 7.61. The number of nitrogens with one attached hydrogen (secondary N) is 3. The molecule has 4 rings (SSSR count). The number of imidazole rings is 1. The highest BCUT2D eigenvalue weighted by Gasteiger charge is 2.05. The molecule has 6 nitrogen and oxygen atoms in total. The number of rotatable bonds is 4. The Hall–Kier alpha value is -3.41. The molecule has 2 aromatic heterocycles. The fraction of sp³-hybridized carbons (Fsp3) is 0.0556. The van der Waals surface area contributed by atoms with Gasteiger partial charge < -0.3 is 10.3 Å². The van der Waals surface area contributed by atoms with E-state index in [-0.39, 0.29) is 5.56 Å². The molecule has 6 heteroatoms. The Morgan fingerprint density at radius 3 is 2.50 bits per heavy atom. The molecule has 118 valence electrons. The molecule has 24 heavy (non-hydrogen) atoms. The largest absolute Gasteiger partial charge is 0.352 e. The van der Waals surface area contributed by atoms with Gasteiger partial charge in [0.25, 0.3) is 5.56 Å². The summed E-state index contributed by atoms with van der Waals surface area (Å²) in [6, 6.07) is 18.5. The lowest BCUT2D eigenvalue weighted by atomic mass is 10.0. The van der Waals surface area contributed by atoms with E-state index in [9.17, 15) is 4.79 Å². The summed E-state index contributed by atoms with van der Waals surface area (Å²) in [6.07, 6.45) is 1.46. The molecule has 0 bridgehead atoms. The zero-order valence-electron chi connectivity index (χ0n) is 12.8. The Bertz CT molecular complexity index is 1020. The average molecular weight is 317 g/mol. The van der Waals surface area contributed by atoms with Crippen LogP contribution >= 0.6 is 0 Å². The van der Waals surface area contributed by atoms with Crippen LogP contribution in [0.1, 0.15) is 5.56 Å². The molecular weight excluding hydrogens is 302 g/mol. The first kappa shape index (κ1) is 14.2. The number of benzene rings is 2. The second-order valence-corrected chi connectivity index (χ2v) is 5.43. The molecule has 0 radical (unpaired) electrons. The predicted molar refractivity (Wildman–Crippen MR) is 93.7 cm³/mol. The van der Waals surface area contributed by atoms with E-state index in [0.717, 1.165) is 5.56 Å². The second kappa shape index (κ2) is 6.00. The van der Waals surface area contributed by atoms with Crippen molar-refractivity contribution in [3.05, 3.63) is 76.8 Å². The van der Waals surface area contributed by atoms with Gasteiger partial charge in [0.05, 0.1) is 6.33 Å². The van der Waals surface area contributed by atoms with E-state index in [1.54, 1.807) is 0 Å². The van der Waals surface area contributed by atoms with Crippen molar-refractivity contribution in [1.29, 1.82) is 0 Å². The van der Waals surface area contributed by atoms with Gasteiger partial charge >= 0.3 is 0 Å². The van der Waals surface area contributed by atoms with Crippen LogP contribution in [0.3, 0.4) is 0 Å². The molecular formula is C18H15N5O. The van der Waals surface area contributed by atoms with Crippen LogP contribution in [-0.2, 0) is 6.54 Å². The molecule has 0 aliphatic carbocycles. The lowest BCUT2D eigenvalue weighted by Crippen LogP contribution is -2.13. The number of anilines is 1. The highest BCUT2D eigenvalue weighted by molar-refractivity contribution is 5.69. The smallest absolute Gasteiger partial charge is 0.278 e. The van der Waals surface area contributed by atoms with E-state index >= 15 is 0 Å². The van der Waals surface area contributed by atoms with Gasteiger partial charge in [-0.25, -0.2) is 4.98 Å². The van der Waals surface area contributed by atoms with E-state index in [4.69, 9.17) is 0 Å². The quantitative estimate of drug-likeness (QED) is 0.540. The van der Waals surface area contributed by atoms with Crippen LogP contribution in [0, 0.1) is 0 Å². The molecule has 2 aromatic carbocycles. The molecule has 2 heterocycles. The van der Waals surface area contributed by atoms with E-state index in [2.05, 4.69) is 61.7 Å². The monoisotopic (exact) mass is 317 g/mol. The summed E-state index contributed by atoms with van der Waals surface area (Å²) in [5.41, 5.74) is 4.00. The summed E-state index contributed by atoms with van der Waals surface area (Å²) in [5, 5.41) is 3.12. The maximum Gasteiger partial charge on any atom is 0.278 e. The third-order valence-electron chi connectivity index (χ3n) is 3.82. The highest BCUT2D eigenvalue weighted by Crippen LogP contribution is 2.19. The van der Waals surface area contributed by atoms with Crippen LogP contribution in [0.25, 0.3) is 22.3 Å². The summed E-state index contributed by atoms with van der Waals surface area (Å²) < 4.78 is 0. The minimum Gasteiger partial charge on any atom is -0.352 e. The Morgan fingerprint density at radius 2 is 1.71 bits per heavy atom. The van der Waals surface area contributed by atoms with Crippen molar-refractivity contribution in [2.75, 3.05) is 5.32 Å². The van der Waals surface area contributed by atoms with Gasteiger partial charge in [0.2, 0.25) is 5.95 Å². The van der Waals surface area contributed by atoms with Crippen LogP contribution in [-0.4, -0.2) is 19.9 Å². The van der Waals surface area contributed by atoms with E-state index in [1.165, 1.54) is 17.5 Å². The molecule has 0 saturated heterocycles. The summed E-state index contributed by atoms with van der Waals surface area (Å²) >= 11 is 0. The van der Waals surface area contributed by atoms with Gasteiger partial charge in [-0.1, -0.05) is 54.6 Å². The summed E-state index contributed by atoms with van der Waals surface area (Å²) in [7, 11) is 0. The molecule has 3 N–H and O–H groups in total. The number of nitrogens with zero attached hydrogens (tertiary/aromatic N) is 2. The van der Waals surface area contributed by atoms with Gasteiger partial charge in [0.1, 0.15) is 0 Å². The third-order valence-corrected chi connectivity index (χ3v) is 3.82. The minimum absolute atomic E-state index is 0.237. The van der Waals surface area contributed by atoms with Gasteiger partial charge in [-0.05, 0) is 16.7 Å². The van der Waals surface area contributed by atoms with E-state index in [1.807, 2.05) is 18.2 Å². The molecule has 0 amide bonds. The number of aromatic nitrogens is 4. The standard InChI is InChI=1S/C18H15N5O/c24-17-15-16(21-11-20-15)22-18(23-17)19-10-12-6-8-14(9-7-12)13-4-2-1-3-5-13/h1-9,11H,10H2,(H3,19,20,21,22,23,24). The van der Waals surface area contributed by atoms with Gasteiger partial charge in [-0.2, -0.15) is 4.98 Å². The number of H-pyrrole nitrogens is 2. The molecule has 0 aliphatic rings. The summed E-state index contributed by atoms with van der Waals surface area (Å²) in [5.74, 6) is 0.409. The van der Waals surface area contributed by atoms with E-state index in [0.29, 0.717) is 23.7 Å². The molecule has 0 saturated carbocycles. The Morgan fingerprint density at radius 1 is 0.958 bits per heavy atom. The van der Waals surface area contributed by atoms with Crippen LogP contribution in [0.2, 0.25) is 0 Å². The Kier molecular flexibility index (Phi) is 3.55. The highest BCUT2D eigenvalue weighted by atomic mass is 16.1. The van der Waals surface area contributed by atoms with E-state index < -0.39 is 0 Å². The number of hydrogen-bond donors (Lipinski definition) is 3. The zero-order chi connectivity index (χ0) is 16.4. The first-order chi connectivity index (χ1) is 11.8. The second-order valence-electron chi connectivity index (χ2n) is 5.43. The van der Waals surface area contributed by atoms with Crippen LogP contribution in [0.4, 0.5) is 5.95 Å². The fourth-order valence-corrected chi connectivity index (χ4v) is 2.56. The Labute approximate surface area is 137 Å². The minimum atomic E-state index is -0.237. The lowest BCUT2D eigenvalue weighted by molar-refractivity contribution is 1.05. The average Bonchev–Trinajstić information content (AvgIpc) is 3.10. The van der Waals surface area contributed by atoms with Gasteiger partial charge in [-0.15, -0.1) is 0 Å². The van der Waals surface area contributed by atoms with Crippen molar-refractivity contribution in [3.8, 4) is 11.1 Å². The maximum atomic E-state index is 11.9. The normalized spacial score (nSPS) is 10.8. The van der Waals surface area contributed by atoms with Crippen LogP contribution < -0.4 is 10.9 Å². The zero-order valence-corrected chi connectivity index (χ0v) is 12.8. The molecule has 4 aromatic rings. The number of hydrogen-bond acceptors (Lipinski definition) is 4. The van der Waals surface area contributed by atoms with Crippen molar-refractivity contribution >= 4 is 17.1 Å². The van der Waals surface area contributed by atoms with Gasteiger partial charge in [0.15, 0.2) is 11.2 Å². The molecule has 0 atom stereocenters. The molecule has 0 aliphatic heterocycles. The van der Waals surface area contributed by atoms with Crippen LogP contribution in [0.15, 0.2) is 65.7 Å². The first-order valence-corrected chi connectivity index (χ1v) is 7.61.